The fraction of sp³-hybridized carbons (Fsp3) is 0.714. The highest BCUT2D eigenvalue weighted by Gasteiger charge is 2.22. The van der Waals surface area contributed by atoms with Crippen LogP contribution >= 0.6 is 0 Å². The second-order valence-corrected chi connectivity index (χ2v) is 4.83. The van der Waals surface area contributed by atoms with Crippen molar-refractivity contribution in [3.05, 3.63) is 11.9 Å². The van der Waals surface area contributed by atoms with Crippen LogP contribution in [0, 0.1) is 0 Å². The van der Waals surface area contributed by atoms with Crippen LogP contribution in [0.25, 0.3) is 0 Å². The minimum Gasteiger partial charge on any atom is -0.388 e. The van der Waals surface area contributed by atoms with E-state index >= 15 is 0 Å². The van der Waals surface area contributed by atoms with Crippen LogP contribution in [-0.2, 0) is 6.42 Å². The fourth-order valence-electron chi connectivity index (χ4n) is 2.02. The Hall–Kier alpha value is -1.36. The first-order valence-corrected chi connectivity index (χ1v) is 7.08. The molecule has 3 N–H and O–H groups in total. The molecule has 108 valence electrons. The lowest BCUT2D eigenvalue weighted by Gasteiger charge is -2.26. The SMILES string of the molecule is CCCc1c(NC)ncnc1NCC(O)(CC)CC. The largest absolute Gasteiger partial charge is 0.388 e. The van der Waals surface area contributed by atoms with Gasteiger partial charge in [-0.05, 0) is 19.3 Å². The minimum atomic E-state index is -0.672. The first-order valence-electron chi connectivity index (χ1n) is 7.08. The van der Waals surface area contributed by atoms with E-state index in [0.717, 1.165) is 42.9 Å². The van der Waals surface area contributed by atoms with Crippen LogP contribution in [0.4, 0.5) is 11.6 Å². The van der Waals surface area contributed by atoms with E-state index in [2.05, 4.69) is 27.5 Å². The molecule has 0 aromatic carbocycles. The maximum absolute atomic E-state index is 10.3. The number of rotatable bonds is 8. The Morgan fingerprint density at radius 2 is 1.79 bits per heavy atom. The quantitative estimate of drug-likeness (QED) is 0.674. The van der Waals surface area contributed by atoms with E-state index in [1.54, 1.807) is 6.33 Å². The molecule has 0 saturated carbocycles. The smallest absolute Gasteiger partial charge is 0.134 e. The van der Waals surface area contributed by atoms with Crippen molar-refractivity contribution in [1.29, 1.82) is 0 Å². The van der Waals surface area contributed by atoms with E-state index in [1.807, 2.05) is 20.9 Å². The highest BCUT2D eigenvalue weighted by molar-refractivity contribution is 5.57. The summed E-state index contributed by atoms with van der Waals surface area (Å²) in [7, 11) is 1.86. The summed E-state index contributed by atoms with van der Waals surface area (Å²) in [6.45, 7) is 6.63. The van der Waals surface area contributed by atoms with Crippen molar-refractivity contribution >= 4 is 11.6 Å². The predicted octanol–water partition coefficient (Wildman–Crippen LogP) is 2.43. The summed E-state index contributed by atoms with van der Waals surface area (Å²) in [5.74, 6) is 1.68. The molecule has 0 saturated heterocycles. The van der Waals surface area contributed by atoms with Gasteiger partial charge in [-0.1, -0.05) is 27.2 Å². The molecule has 0 aliphatic heterocycles. The second kappa shape index (κ2) is 7.28. The number of aromatic nitrogens is 2. The summed E-state index contributed by atoms with van der Waals surface area (Å²) in [5, 5.41) is 16.7. The molecule has 0 unspecified atom stereocenters. The number of nitrogens with one attached hydrogen (secondary N) is 2. The third-order valence-electron chi connectivity index (χ3n) is 3.58. The first-order chi connectivity index (χ1) is 9.10. The Morgan fingerprint density at radius 1 is 1.16 bits per heavy atom. The zero-order valence-corrected chi connectivity index (χ0v) is 12.5. The van der Waals surface area contributed by atoms with Crippen LogP contribution in [0.5, 0.6) is 0 Å². The third-order valence-corrected chi connectivity index (χ3v) is 3.58. The van der Waals surface area contributed by atoms with Gasteiger partial charge < -0.3 is 15.7 Å². The maximum Gasteiger partial charge on any atom is 0.134 e. The number of anilines is 2. The van der Waals surface area contributed by atoms with Crippen LogP contribution in [0.2, 0.25) is 0 Å². The molecule has 5 heteroatoms. The summed E-state index contributed by atoms with van der Waals surface area (Å²) in [4.78, 5) is 8.54. The normalized spacial score (nSPS) is 11.4. The van der Waals surface area contributed by atoms with Crippen molar-refractivity contribution in [2.45, 2.75) is 52.1 Å². The number of aliphatic hydroxyl groups is 1. The zero-order chi connectivity index (χ0) is 14.3. The highest BCUT2D eigenvalue weighted by Crippen LogP contribution is 2.23. The van der Waals surface area contributed by atoms with E-state index in [4.69, 9.17) is 0 Å². The van der Waals surface area contributed by atoms with Gasteiger partial charge in [-0.2, -0.15) is 0 Å². The van der Waals surface area contributed by atoms with Crippen LogP contribution in [0.15, 0.2) is 6.33 Å². The Bertz CT molecular complexity index is 391. The van der Waals surface area contributed by atoms with Crippen molar-refractivity contribution in [3.63, 3.8) is 0 Å². The van der Waals surface area contributed by atoms with Crippen molar-refractivity contribution in [3.8, 4) is 0 Å². The molecule has 0 radical (unpaired) electrons. The van der Waals surface area contributed by atoms with Gasteiger partial charge in [-0.25, -0.2) is 9.97 Å². The fourth-order valence-corrected chi connectivity index (χ4v) is 2.02. The van der Waals surface area contributed by atoms with Crippen molar-refractivity contribution in [1.82, 2.24) is 9.97 Å². The molecule has 0 bridgehead atoms. The second-order valence-electron chi connectivity index (χ2n) is 4.83. The maximum atomic E-state index is 10.3. The summed E-state index contributed by atoms with van der Waals surface area (Å²) in [6, 6.07) is 0. The van der Waals surface area contributed by atoms with Crippen LogP contribution in [-0.4, -0.2) is 34.3 Å². The van der Waals surface area contributed by atoms with Gasteiger partial charge in [0.25, 0.3) is 0 Å². The van der Waals surface area contributed by atoms with E-state index in [0.29, 0.717) is 6.54 Å². The van der Waals surface area contributed by atoms with Crippen LogP contribution in [0.1, 0.15) is 45.6 Å². The van der Waals surface area contributed by atoms with Gasteiger partial charge in [0.05, 0.1) is 5.60 Å². The first kappa shape index (κ1) is 15.7. The molecular formula is C14H26N4O. The van der Waals surface area contributed by atoms with E-state index in [1.165, 1.54) is 0 Å². The van der Waals surface area contributed by atoms with E-state index < -0.39 is 5.60 Å². The van der Waals surface area contributed by atoms with Crippen LogP contribution < -0.4 is 10.6 Å². The lowest BCUT2D eigenvalue weighted by atomic mass is 9.97. The Balaban J connectivity index is 2.88. The number of hydrogen-bond donors (Lipinski definition) is 3. The molecule has 0 fully saturated rings. The third kappa shape index (κ3) is 4.06. The predicted molar refractivity (Wildman–Crippen MR) is 79.6 cm³/mol. The highest BCUT2D eigenvalue weighted by atomic mass is 16.3. The molecule has 0 aliphatic rings. The van der Waals surface area contributed by atoms with Crippen molar-refractivity contribution in [2.24, 2.45) is 0 Å². The van der Waals surface area contributed by atoms with Crippen molar-refractivity contribution in [2.75, 3.05) is 24.2 Å². The molecule has 5 nitrogen and oxygen atoms in total. The number of nitrogens with zero attached hydrogens (tertiary/aromatic N) is 2. The molecule has 1 rings (SSSR count). The average molecular weight is 266 g/mol. The van der Waals surface area contributed by atoms with Gasteiger partial charge in [0.2, 0.25) is 0 Å². The summed E-state index contributed by atoms with van der Waals surface area (Å²) < 4.78 is 0. The van der Waals surface area contributed by atoms with Gasteiger partial charge in [-0.15, -0.1) is 0 Å². The molecule has 1 heterocycles. The van der Waals surface area contributed by atoms with Crippen LogP contribution in [0.3, 0.4) is 0 Å². The Morgan fingerprint density at radius 3 is 2.32 bits per heavy atom. The molecule has 1 aromatic rings. The van der Waals surface area contributed by atoms with E-state index in [9.17, 15) is 5.11 Å². The average Bonchev–Trinajstić information content (AvgIpc) is 2.46. The van der Waals surface area contributed by atoms with Gasteiger partial charge in [0.15, 0.2) is 0 Å². The van der Waals surface area contributed by atoms with Crippen molar-refractivity contribution < 1.29 is 5.11 Å². The zero-order valence-electron chi connectivity index (χ0n) is 12.5. The molecule has 0 amide bonds. The molecule has 0 atom stereocenters. The van der Waals surface area contributed by atoms with Gasteiger partial charge in [0.1, 0.15) is 18.0 Å². The molecule has 0 aliphatic carbocycles. The van der Waals surface area contributed by atoms with Gasteiger partial charge in [0, 0.05) is 19.2 Å². The lowest BCUT2D eigenvalue weighted by molar-refractivity contribution is 0.0456. The van der Waals surface area contributed by atoms with Gasteiger partial charge in [-0.3, -0.25) is 0 Å². The molecule has 1 aromatic heterocycles. The van der Waals surface area contributed by atoms with E-state index in [-0.39, 0.29) is 0 Å². The standard InChI is InChI=1S/C14H26N4O/c1-5-8-11-12(15-4)17-10-18-13(11)16-9-14(19,6-2)7-3/h10,19H,5-9H2,1-4H3,(H2,15,16,17,18). The molecular weight excluding hydrogens is 240 g/mol. The molecule has 0 spiro atoms. The lowest BCUT2D eigenvalue weighted by Crippen LogP contribution is -2.35. The minimum absolute atomic E-state index is 0.511. The molecule has 19 heavy (non-hydrogen) atoms. The summed E-state index contributed by atoms with van der Waals surface area (Å²) in [6.07, 6.45) is 4.94. The number of hydrogen-bond acceptors (Lipinski definition) is 5. The summed E-state index contributed by atoms with van der Waals surface area (Å²) in [5.41, 5.74) is 0.413. The summed E-state index contributed by atoms with van der Waals surface area (Å²) >= 11 is 0. The Kier molecular flexibility index (Phi) is 6.02. The monoisotopic (exact) mass is 266 g/mol. The van der Waals surface area contributed by atoms with Gasteiger partial charge >= 0.3 is 0 Å². The topological polar surface area (TPSA) is 70.1 Å². The Labute approximate surface area is 115 Å².